The van der Waals surface area contributed by atoms with Crippen LogP contribution in [0.4, 0.5) is 4.39 Å². The number of carbonyl (C=O) groups is 1. The number of nitrogens with zero attached hydrogens (tertiary/aromatic N) is 2. The Balaban J connectivity index is 1.39. The van der Waals surface area contributed by atoms with Crippen molar-refractivity contribution in [2.45, 2.75) is 31.5 Å². The molecule has 2 unspecified atom stereocenters. The molecule has 0 aliphatic carbocycles. The summed E-state index contributed by atoms with van der Waals surface area (Å²) in [6.45, 7) is 4.97. The molecule has 0 saturated carbocycles. The molecule has 1 amide bonds. The fourth-order valence-corrected chi connectivity index (χ4v) is 3.59. The predicted octanol–water partition coefficient (Wildman–Crippen LogP) is 1.53. The summed E-state index contributed by atoms with van der Waals surface area (Å²) in [7, 11) is 0. The minimum Gasteiger partial charge on any atom is -0.389 e. The van der Waals surface area contributed by atoms with Gasteiger partial charge in [-0.1, -0.05) is 0 Å². The highest BCUT2D eigenvalue weighted by Crippen LogP contribution is 2.13. The van der Waals surface area contributed by atoms with Gasteiger partial charge < -0.3 is 19.5 Å². The van der Waals surface area contributed by atoms with Gasteiger partial charge in [0.1, 0.15) is 5.82 Å². The van der Waals surface area contributed by atoms with Crippen LogP contribution in [0.1, 0.15) is 29.6 Å². The summed E-state index contributed by atoms with van der Waals surface area (Å²) in [5.74, 6) is -0.415. The fraction of sp³-hybridized carbons (Fsp3) is 0.650. The Morgan fingerprint density at radius 2 is 2.04 bits per heavy atom. The van der Waals surface area contributed by atoms with Crippen molar-refractivity contribution in [3.63, 3.8) is 0 Å². The number of benzene rings is 1. The lowest BCUT2D eigenvalue weighted by molar-refractivity contribution is -0.0248. The SMILES string of the molecule is O=C(c1ccc(F)cc1)N1CCCN(CC(O)COCC2CCCO2)CC1. The normalized spacial score (nSPS) is 22.6. The summed E-state index contributed by atoms with van der Waals surface area (Å²) in [6.07, 6.45) is 2.57. The van der Waals surface area contributed by atoms with Gasteiger partial charge in [-0.25, -0.2) is 4.39 Å². The average Bonchev–Trinajstić information content (AvgIpc) is 3.07. The van der Waals surface area contributed by atoms with E-state index >= 15 is 0 Å². The van der Waals surface area contributed by atoms with Gasteiger partial charge in [-0.05, 0) is 50.1 Å². The van der Waals surface area contributed by atoms with Crippen molar-refractivity contribution in [1.29, 1.82) is 0 Å². The first-order valence-corrected chi connectivity index (χ1v) is 9.76. The van der Waals surface area contributed by atoms with E-state index in [0.29, 0.717) is 45.0 Å². The van der Waals surface area contributed by atoms with Gasteiger partial charge in [-0.3, -0.25) is 9.69 Å². The average molecular weight is 380 g/mol. The van der Waals surface area contributed by atoms with Gasteiger partial charge in [-0.2, -0.15) is 0 Å². The number of ether oxygens (including phenoxy) is 2. The van der Waals surface area contributed by atoms with E-state index in [1.54, 1.807) is 4.90 Å². The number of carbonyl (C=O) groups excluding carboxylic acids is 1. The largest absolute Gasteiger partial charge is 0.389 e. The monoisotopic (exact) mass is 380 g/mol. The van der Waals surface area contributed by atoms with E-state index < -0.39 is 6.10 Å². The number of rotatable bonds is 7. The van der Waals surface area contributed by atoms with E-state index in [2.05, 4.69) is 4.90 Å². The second-order valence-electron chi connectivity index (χ2n) is 7.28. The maximum Gasteiger partial charge on any atom is 0.253 e. The van der Waals surface area contributed by atoms with Crippen molar-refractivity contribution in [2.24, 2.45) is 0 Å². The lowest BCUT2D eigenvalue weighted by Gasteiger charge is -2.24. The zero-order valence-corrected chi connectivity index (χ0v) is 15.7. The second kappa shape index (κ2) is 10.1. The number of halogens is 1. The van der Waals surface area contributed by atoms with Crippen LogP contribution in [0.2, 0.25) is 0 Å². The molecule has 150 valence electrons. The number of aliphatic hydroxyl groups excluding tert-OH is 1. The molecule has 27 heavy (non-hydrogen) atoms. The van der Waals surface area contributed by atoms with Crippen LogP contribution in [-0.2, 0) is 9.47 Å². The Morgan fingerprint density at radius 3 is 2.78 bits per heavy atom. The second-order valence-corrected chi connectivity index (χ2v) is 7.28. The molecule has 2 aliphatic heterocycles. The predicted molar refractivity (Wildman–Crippen MR) is 99.2 cm³/mol. The Labute approximate surface area is 159 Å². The topological polar surface area (TPSA) is 62.2 Å². The molecule has 2 atom stereocenters. The lowest BCUT2D eigenvalue weighted by atomic mass is 10.2. The maximum atomic E-state index is 13.0. The number of aliphatic hydroxyl groups is 1. The molecule has 0 spiro atoms. The van der Waals surface area contributed by atoms with Crippen molar-refractivity contribution in [2.75, 3.05) is 52.5 Å². The Morgan fingerprint density at radius 1 is 1.22 bits per heavy atom. The molecular formula is C20H29FN2O4. The molecule has 2 aliphatic rings. The molecule has 2 heterocycles. The molecule has 7 heteroatoms. The zero-order chi connectivity index (χ0) is 19.1. The zero-order valence-electron chi connectivity index (χ0n) is 15.7. The van der Waals surface area contributed by atoms with E-state index in [0.717, 1.165) is 32.4 Å². The van der Waals surface area contributed by atoms with Gasteiger partial charge in [0.15, 0.2) is 0 Å². The van der Waals surface area contributed by atoms with Crippen LogP contribution < -0.4 is 0 Å². The van der Waals surface area contributed by atoms with Gasteiger partial charge in [0.2, 0.25) is 0 Å². The third-order valence-corrected chi connectivity index (χ3v) is 5.07. The van der Waals surface area contributed by atoms with Crippen LogP contribution in [0, 0.1) is 5.82 Å². The summed E-state index contributed by atoms with van der Waals surface area (Å²) in [5.41, 5.74) is 0.507. The standard InChI is InChI=1S/C20H29FN2O4/c21-17-6-4-16(5-7-17)20(25)23-9-2-8-22(10-11-23)13-18(24)14-26-15-19-3-1-12-27-19/h4-7,18-19,24H,1-3,8-15H2. The van der Waals surface area contributed by atoms with Crippen LogP contribution >= 0.6 is 0 Å². The Hall–Kier alpha value is -1.54. The minimum atomic E-state index is -0.550. The summed E-state index contributed by atoms with van der Waals surface area (Å²) < 4.78 is 24.1. The smallest absolute Gasteiger partial charge is 0.253 e. The minimum absolute atomic E-state index is 0.0719. The molecule has 0 radical (unpaired) electrons. The maximum absolute atomic E-state index is 13.0. The number of β-amino-alcohol motifs (C(OH)–C–C–N with tert-alkyl or cyclic N) is 1. The number of hydrogen-bond donors (Lipinski definition) is 1. The summed E-state index contributed by atoms with van der Waals surface area (Å²) in [5, 5.41) is 10.2. The quantitative estimate of drug-likeness (QED) is 0.777. The molecule has 1 aromatic carbocycles. The van der Waals surface area contributed by atoms with E-state index in [9.17, 15) is 14.3 Å². The van der Waals surface area contributed by atoms with Crippen molar-refractivity contribution in [3.05, 3.63) is 35.6 Å². The summed E-state index contributed by atoms with van der Waals surface area (Å²) in [6, 6.07) is 5.67. The first-order valence-electron chi connectivity index (χ1n) is 9.76. The van der Waals surface area contributed by atoms with Crippen LogP contribution in [0.25, 0.3) is 0 Å². The highest BCUT2D eigenvalue weighted by atomic mass is 19.1. The molecule has 3 rings (SSSR count). The van der Waals surface area contributed by atoms with E-state index in [1.807, 2.05) is 0 Å². The van der Waals surface area contributed by atoms with Crippen LogP contribution in [-0.4, -0.2) is 85.6 Å². The fourth-order valence-electron chi connectivity index (χ4n) is 3.59. The highest BCUT2D eigenvalue weighted by molar-refractivity contribution is 5.94. The molecule has 1 aromatic rings. The molecule has 0 bridgehead atoms. The first kappa shape index (κ1) is 20.2. The van der Waals surface area contributed by atoms with Crippen molar-refractivity contribution in [3.8, 4) is 0 Å². The van der Waals surface area contributed by atoms with Gasteiger partial charge in [0.25, 0.3) is 5.91 Å². The highest BCUT2D eigenvalue weighted by Gasteiger charge is 2.22. The number of hydrogen-bond acceptors (Lipinski definition) is 5. The molecule has 6 nitrogen and oxygen atoms in total. The van der Waals surface area contributed by atoms with Crippen molar-refractivity contribution in [1.82, 2.24) is 9.80 Å². The molecule has 0 aromatic heterocycles. The van der Waals surface area contributed by atoms with E-state index in [1.165, 1.54) is 24.3 Å². The third-order valence-electron chi connectivity index (χ3n) is 5.07. The van der Waals surface area contributed by atoms with Gasteiger partial charge in [-0.15, -0.1) is 0 Å². The van der Waals surface area contributed by atoms with Crippen LogP contribution in [0.5, 0.6) is 0 Å². The van der Waals surface area contributed by atoms with Gasteiger partial charge >= 0.3 is 0 Å². The molecule has 2 fully saturated rings. The van der Waals surface area contributed by atoms with Crippen molar-refractivity contribution < 1.29 is 23.8 Å². The molecule has 2 saturated heterocycles. The lowest BCUT2D eigenvalue weighted by Crippen LogP contribution is -2.39. The summed E-state index contributed by atoms with van der Waals surface area (Å²) >= 11 is 0. The third kappa shape index (κ3) is 6.24. The van der Waals surface area contributed by atoms with Crippen molar-refractivity contribution >= 4 is 5.91 Å². The van der Waals surface area contributed by atoms with E-state index in [-0.39, 0.29) is 17.8 Å². The molecular weight excluding hydrogens is 351 g/mol. The molecule has 1 N–H and O–H groups in total. The van der Waals surface area contributed by atoms with Gasteiger partial charge in [0, 0.05) is 38.3 Å². The Bertz CT molecular complexity index is 592. The first-order chi connectivity index (χ1) is 13.1. The Kier molecular flexibility index (Phi) is 7.58. The van der Waals surface area contributed by atoms with Crippen LogP contribution in [0.15, 0.2) is 24.3 Å². The van der Waals surface area contributed by atoms with Crippen LogP contribution in [0.3, 0.4) is 0 Å². The van der Waals surface area contributed by atoms with Gasteiger partial charge in [0.05, 0.1) is 25.4 Å². The summed E-state index contributed by atoms with van der Waals surface area (Å²) in [4.78, 5) is 16.5. The van der Waals surface area contributed by atoms with E-state index in [4.69, 9.17) is 9.47 Å². The number of amides is 1.